The van der Waals surface area contributed by atoms with Crippen molar-refractivity contribution in [1.82, 2.24) is 10.3 Å². The van der Waals surface area contributed by atoms with E-state index >= 15 is 8.78 Å². The molecule has 2 fully saturated rings. The van der Waals surface area contributed by atoms with E-state index in [0.29, 0.717) is 37.7 Å². The topological polar surface area (TPSA) is 82.5 Å². The maximum Gasteiger partial charge on any atom is 0.488 e. The molecule has 1 heterocycles. The van der Waals surface area contributed by atoms with Crippen molar-refractivity contribution in [3.63, 3.8) is 0 Å². The minimum Gasteiger partial charge on any atom is -0.423 e. The summed E-state index contributed by atoms with van der Waals surface area (Å²) in [6.45, 7) is 2.22. The van der Waals surface area contributed by atoms with Crippen LogP contribution in [0.15, 0.2) is 42.7 Å². The van der Waals surface area contributed by atoms with Crippen LogP contribution in [0.1, 0.15) is 74.5 Å². The molecule has 36 heavy (non-hydrogen) atoms. The minimum absolute atomic E-state index is 0.0543. The molecule has 192 valence electrons. The van der Waals surface area contributed by atoms with Crippen LogP contribution in [0.2, 0.25) is 0 Å². The molecule has 5 nitrogen and oxygen atoms in total. The number of carbonyl (C=O) groups is 1. The molecule has 5 atom stereocenters. The molecule has 3 aliphatic rings. The third-order valence-electron chi connectivity index (χ3n) is 9.35. The van der Waals surface area contributed by atoms with Gasteiger partial charge >= 0.3 is 7.12 Å². The standard InChI is InChI=1S/C28H35BF2N2O3/c1-27-12-11-23-22-10-8-21(29(35)36)14-19(22)7-9-24(23)26(27)20(15-28(27,30)31)5-2-6-25(34)33-17-18-4-3-13-32-16-18/h3-4,8,10,13-14,16,20,23-24,26,35-36H,2,5-7,9,11-12,15,17H2,1H3,(H,33,34)/t20-,23+,24+,26-,27-/m0/s1. The zero-order chi connectivity index (χ0) is 25.5. The Labute approximate surface area is 211 Å². The number of alkyl halides is 2. The number of pyridine rings is 1. The maximum absolute atomic E-state index is 15.5. The second-order valence-electron chi connectivity index (χ2n) is 11.3. The van der Waals surface area contributed by atoms with E-state index in [1.807, 2.05) is 24.3 Å². The second-order valence-corrected chi connectivity index (χ2v) is 11.3. The maximum atomic E-state index is 15.5. The van der Waals surface area contributed by atoms with Crippen molar-refractivity contribution in [2.24, 2.45) is 23.2 Å². The number of fused-ring (bicyclic) bond motifs is 5. The van der Waals surface area contributed by atoms with Crippen molar-refractivity contribution >= 4 is 18.5 Å². The van der Waals surface area contributed by atoms with Gasteiger partial charge in [0.2, 0.25) is 5.91 Å². The summed E-state index contributed by atoms with van der Waals surface area (Å²) in [5.41, 5.74) is 2.74. The third-order valence-corrected chi connectivity index (χ3v) is 9.35. The lowest BCUT2D eigenvalue weighted by molar-refractivity contribution is -0.133. The fraction of sp³-hybridized carbons (Fsp3) is 0.571. The van der Waals surface area contributed by atoms with E-state index in [1.165, 1.54) is 5.56 Å². The van der Waals surface area contributed by atoms with Gasteiger partial charge in [-0.25, -0.2) is 8.78 Å². The number of hydrogen-bond acceptors (Lipinski definition) is 4. The summed E-state index contributed by atoms with van der Waals surface area (Å²) in [4.78, 5) is 16.4. The highest BCUT2D eigenvalue weighted by atomic mass is 19.3. The van der Waals surface area contributed by atoms with Gasteiger partial charge in [-0.2, -0.15) is 0 Å². The molecular weight excluding hydrogens is 461 g/mol. The molecule has 8 heteroatoms. The van der Waals surface area contributed by atoms with Gasteiger partial charge in [-0.15, -0.1) is 0 Å². The summed E-state index contributed by atoms with van der Waals surface area (Å²) in [6.07, 6.45) is 7.78. The van der Waals surface area contributed by atoms with Gasteiger partial charge < -0.3 is 15.4 Å². The van der Waals surface area contributed by atoms with Crippen LogP contribution in [-0.2, 0) is 17.8 Å². The molecule has 1 aromatic carbocycles. The molecule has 0 bridgehead atoms. The van der Waals surface area contributed by atoms with E-state index in [2.05, 4.69) is 10.3 Å². The number of benzene rings is 1. The van der Waals surface area contributed by atoms with E-state index in [1.54, 1.807) is 25.4 Å². The first-order valence-electron chi connectivity index (χ1n) is 13.2. The third kappa shape index (κ3) is 4.58. The number of aromatic nitrogens is 1. The number of hydrogen-bond donors (Lipinski definition) is 3. The Hall–Kier alpha value is -2.32. The van der Waals surface area contributed by atoms with Gasteiger partial charge in [0, 0.05) is 37.2 Å². The fourth-order valence-corrected chi connectivity index (χ4v) is 7.60. The average Bonchev–Trinajstić information content (AvgIpc) is 3.07. The molecule has 0 unspecified atom stereocenters. The number of aryl methyl sites for hydroxylation is 1. The monoisotopic (exact) mass is 496 g/mol. The van der Waals surface area contributed by atoms with Crippen LogP contribution in [0.25, 0.3) is 0 Å². The highest BCUT2D eigenvalue weighted by Crippen LogP contribution is 2.68. The molecule has 0 radical (unpaired) electrons. The molecule has 0 saturated heterocycles. The van der Waals surface area contributed by atoms with E-state index in [0.717, 1.165) is 30.4 Å². The van der Waals surface area contributed by atoms with E-state index in [4.69, 9.17) is 0 Å². The summed E-state index contributed by atoms with van der Waals surface area (Å²) in [5.74, 6) is -2.48. The molecule has 2 aromatic rings. The molecule has 5 rings (SSSR count). The van der Waals surface area contributed by atoms with Crippen LogP contribution in [0.4, 0.5) is 8.78 Å². The van der Waals surface area contributed by atoms with Gasteiger partial charge in [0.25, 0.3) is 5.92 Å². The second kappa shape index (κ2) is 9.86. The highest BCUT2D eigenvalue weighted by Gasteiger charge is 2.67. The summed E-state index contributed by atoms with van der Waals surface area (Å²) in [5, 5.41) is 22.0. The highest BCUT2D eigenvalue weighted by molar-refractivity contribution is 6.58. The van der Waals surface area contributed by atoms with Crippen LogP contribution in [0.5, 0.6) is 0 Å². The molecule has 0 aliphatic heterocycles. The van der Waals surface area contributed by atoms with Crippen LogP contribution in [0.3, 0.4) is 0 Å². The van der Waals surface area contributed by atoms with Gasteiger partial charge in [-0.05, 0) is 90.4 Å². The average molecular weight is 496 g/mol. The minimum atomic E-state index is -2.69. The number of rotatable bonds is 7. The van der Waals surface area contributed by atoms with Gasteiger partial charge in [0.15, 0.2) is 0 Å². The number of carbonyl (C=O) groups excluding carboxylic acids is 1. The van der Waals surface area contributed by atoms with E-state index in [9.17, 15) is 14.8 Å². The van der Waals surface area contributed by atoms with Crippen LogP contribution < -0.4 is 10.8 Å². The number of nitrogens with zero attached hydrogens (tertiary/aromatic N) is 1. The van der Waals surface area contributed by atoms with Crippen molar-refractivity contribution < 1.29 is 23.6 Å². The predicted octanol–water partition coefficient (Wildman–Crippen LogP) is 3.97. The first kappa shape index (κ1) is 25.3. The van der Waals surface area contributed by atoms with Crippen molar-refractivity contribution in [3.8, 4) is 0 Å². The quantitative estimate of drug-likeness (QED) is 0.507. The van der Waals surface area contributed by atoms with Gasteiger partial charge in [-0.1, -0.05) is 31.2 Å². The molecular formula is C28H35BF2N2O3. The first-order chi connectivity index (χ1) is 17.2. The molecule has 1 amide bonds. The zero-order valence-corrected chi connectivity index (χ0v) is 20.8. The zero-order valence-electron chi connectivity index (χ0n) is 20.8. The van der Waals surface area contributed by atoms with Crippen molar-refractivity contribution in [3.05, 3.63) is 59.4 Å². The van der Waals surface area contributed by atoms with Crippen molar-refractivity contribution in [2.75, 3.05) is 0 Å². The number of halogens is 2. The molecule has 3 aliphatic carbocycles. The molecule has 3 N–H and O–H groups in total. The molecule has 0 spiro atoms. The summed E-state index contributed by atoms with van der Waals surface area (Å²) in [7, 11) is -1.50. The van der Waals surface area contributed by atoms with Crippen LogP contribution >= 0.6 is 0 Å². The molecule has 2 saturated carbocycles. The normalized spacial score (nSPS) is 30.1. The Balaban J connectivity index is 1.27. The number of amides is 1. The Morgan fingerprint density at radius 3 is 2.83 bits per heavy atom. The lowest BCUT2D eigenvalue weighted by atomic mass is 9.53. The fourth-order valence-electron chi connectivity index (χ4n) is 7.60. The lowest BCUT2D eigenvalue weighted by Crippen LogP contribution is -2.47. The number of nitrogens with one attached hydrogen (secondary N) is 1. The Morgan fingerprint density at radius 1 is 1.25 bits per heavy atom. The van der Waals surface area contributed by atoms with Gasteiger partial charge in [-0.3, -0.25) is 9.78 Å². The van der Waals surface area contributed by atoms with E-state index < -0.39 is 18.5 Å². The Morgan fingerprint density at radius 2 is 2.08 bits per heavy atom. The SMILES string of the molecule is C[C@]12CC[C@@H]3c4ccc(B(O)O)cc4CC[C@H]3[C@@H]1[C@@H](CCCC(=O)NCc1cccnc1)CC2(F)F. The van der Waals surface area contributed by atoms with Crippen molar-refractivity contribution in [1.29, 1.82) is 0 Å². The summed E-state index contributed by atoms with van der Waals surface area (Å²) in [6, 6.07) is 9.34. The van der Waals surface area contributed by atoms with Crippen LogP contribution in [0, 0.1) is 23.2 Å². The Kier molecular flexibility index (Phi) is 6.94. The summed E-state index contributed by atoms with van der Waals surface area (Å²) >= 11 is 0. The summed E-state index contributed by atoms with van der Waals surface area (Å²) < 4.78 is 30.9. The Bertz CT molecular complexity index is 1100. The smallest absolute Gasteiger partial charge is 0.423 e. The van der Waals surface area contributed by atoms with E-state index in [-0.39, 0.29) is 36.0 Å². The van der Waals surface area contributed by atoms with Gasteiger partial charge in [0.05, 0.1) is 0 Å². The largest absolute Gasteiger partial charge is 0.488 e. The lowest BCUT2D eigenvalue weighted by Gasteiger charge is -2.51. The van der Waals surface area contributed by atoms with Gasteiger partial charge in [0.1, 0.15) is 0 Å². The predicted molar refractivity (Wildman–Crippen MR) is 135 cm³/mol. The van der Waals surface area contributed by atoms with Crippen molar-refractivity contribution in [2.45, 2.75) is 76.7 Å². The van der Waals surface area contributed by atoms with Crippen LogP contribution in [-0.4, -0.2) is 34.0 Å². The first-order valence-corrected chi connectivity index (χ1v) is 13.2. The molecule has 1 aromatic heterocycles.